The molecule has 0 radical (unpaired) electrons. The van der Waals surface area contributed by atoms with E-state index in [9.17, 15) is 9.18 Å². The van der Waals surface area contributed by atoms with Gasteiger partial charge in [0, 0.05) is 12.3 Å². The van der Waals surface area contributed by atoms with Gasteiger partial charge in [-0.05, 0) is 42.0 Å². The number of hydrogen-bond donors (Lipinski definition) is 1. The van der Waals surface area contributed by atoms with Crippen LogP contribution in [-0.2, 0) is 6.54 Å². The average Bonchev–Trinajstić information content (AvgIpc) is 3.36. The molecule has 0 spiro atoms. The van der Waals surface area contributed by atoms with Crippen molar-refractivity contribution in [3.8, 4) is 5.69 Å². The number of amides is 1. The highest BCUT2D eigenvalue weighted by Crippen LogP contribution is 2.26. The van der Waals surface area contributed by atoms with Crippen LogP contribution in [0.1, 0.15) is 16.1 Å². The number of nitrogens with zero attached hydrogens (tertiary/aromatic N) is 4. The van der Waals surface area contributed by atoms with Crippen LogP contribution in [-0.4, -0.2) is 25.5 Å². The van der Waals surface area contributed by atoms with Gasteiger partial charge in [0.15, 0.2) is 5.69 Å². The fourth-order valence-corrected chi connectivity index (χ4v) is 3.14. The van der Waals surface area contributed by atoms with Gasteiger partial charge in [0.25, 0.3) is 5.91 Å². The number of halogens is 3. The van der Waals surface area contributed by atoms with Gasteiger partial charge < -0.3 is 5.32 Å². The number of benzene rings is 2. The highest BCUT2D eigenvalue weighted by Gasteiger charge is 2.14. The van der Waals surface area contributed by atoms with E-state index in [0.29, 0.717) is 28.1 Å². The van der Waals surface area contributed by atoms with Gasteiger partial charge in [0.05, 0.1) is 28.5 Å². The van der Waals surface area contributed by atoms with Crippen molar-refractivity contribution < 1.29 is 9.18 Å². The SMILES string of the molecule is O=C(Nc1ccnn1Cc1cccc(Cl)c1Cl)c1ccn(-c2ccc(F)cc2)n1. The summed E-state index contributed by atoms with van der Waals surface area (Å²) in [5, 5.41) is 12.2. The Morgan fingerprint density at radius 1 is 1.07 bits per heavy atom. The molecule has 1 N–H and O–H groups in total. The minimum absolute atomic E-state index is 0.211. The van der Waals surface area contributed by atoms with Crippen molar-refractivity contribution in [3.05, 3.63) is 94.1 Å². The summed E-state index contributed by atoms with van der Waals surface area (Å²) in [5.74, 6) is -0.251. The van der Waals surface area contributed by atoms with Crippen molar-refractivity contribution in [1.29, 1.82) is 0 Å². The van der Waals surface area contributed by atoms with E-state index in [2.05, 4.69) is 15.5 Å². The van der Waals surface area contributed by atoms with E-state index in [-0.39, 0.29) is 11.5 Å². The number of hydrogen-bond acceptors (Lipinski definition) is 3. The maximum atomic E-state index is 13.1. The lowest BCUT2D eigenvalue weighted by Gasteiger charge is -2.10. The summed E-state index contributed by atoms with van der Waals surface area (Å²) in [6.07, 6.45) is 3.20. The molecule has 9 heteroatoms. The summed E-state index contributed by atoms with van der Waals surface area (Å²) >= 11 is 12.3. The molecule has 0 saturated heterocycles. The lowest BCUT2D eigenvalue weighted by atomic mass is 10.2. The minimum atomic E-state index is -0.398. The van der Waals surface area contributed by atoms with Gasteiger partial charge in [-0.25, -0.2) is 13.8 Å². The lowest BCUT2D eigenvalue weighted by Crippen LogP contribution is -2.17. The van der Waals surface area contributed by atoms with Gasteiger partial charge in [-0.3, -0.25) is 4.79 Å². The molecule has 2 aromatic carbocycles. The van der Waals surface area contributed by atoms with Gasteiger partial charge in [-0.1, -0.05) is 35.3 Å². The molecule has 0 aliphatic heterocycles. The molecular weight excluding hydrogens is 416 g/mol. The molecule has 29 heavy (non-hydrogen) atoms. The Morgan fingerprint density at radius 3 is 2.66 bits per heavy atom. The third kappa shape index (κ3) is 4.16. The van der Waals surface area contributed by atoms with E-state index < -0.39 is 5.91 Å². The Labute approximate surface area is 175 Å². The van der Waals surface area contributed by atoms with Crippen LogP contribution < -0.4 is 5.32 Å². The predicted octanol–water partition coefficient (Wildman–Crippen LogP) is 4.82. The summed E-state index contributed by atoms with van der Waals surface area (Å²) in [6.45, 7) is 0.339. The van der Waals surface area contributed by atoms with Crippen molar-refractivity contribution >= 4 is 34.9 Å². The molecule has 0 saturated carbocycles. The highest BCUT2D eigenvalue weighted by molar-refractivity contribution is 6.42. The summed E-state index contributed by atoms with van der Waals surface area (Å²) < 4.78 is 16.2. The van der Waals surface area contributed by atoms with Gasteiger partial charge in [-0.15, -0.1) is 0 Å². The van der Waals surface area contributed by atoms with Crippen molar-refractivity contribution in [2.24, 2.45) is 0 Å². The van der Waals surface area contributed by atoms with E-state index >= 15 is 0 Å². The third-order valence-electron chi connectivity index (χ3n) is 4.22. The van der Waals surface area contributed by atoms with E-state index in [1.165, 1.54) is 16.8 Å². The van der Waals surface area contributed by atoms with Crippen LogP contribution in [0.25, 0.3) is 5.69 Å². The van der Waals surface area contributed by atoms with Crippen molar-refractivity contribution in [2.75, 3.05) is 5.32 Å². The molecule has 1 amide bonds. The van der Waals surface area contributed by atoms with E-state index in [4.69, 9.17) is 23.2 Å². The van der Waals surface area contributed by atoms with Gasteiger partial charge >= 0.3 is 0 Å². The number of nitrogens with one attached hydrogen (secondary N) is 1. The Hall–Kier alpha value is -3.16. The third-order valence-corrected chi connectivity index (χ3v) is 5.08. The molecular formula is C20H14Cl2FN5O. The van der Waals surface area contributed by atoms with Crippen LogP contribution in [0, 0.1) is 5.82 Å². The predicted molar refractivity (Wildman–Crippen MR) is 109 cm³/mol. The van der Waals surface area contributed by atoms with E-state index in [1.54, 1.807) is 53.5 Å². The molecule has 6 nitrogen and oxygen atoms in total. The molecule has 2 heterocycles. The molecule has 0 atom stereocenters. The van der Waals surface area contributed by atoms with Crippen LogP contribution in [0.4, 0.5) is 10.2 Å². The topological polar surface area (TPSA) is 64.7 Å². The first-order valence-electron chi connectivity index (χ1n) is 8.59. The van der Waals surface area contributed by atoms with Crippen molar-refractivity contribution in [3.63, 3.8) is 0 Å². The van der Waals surface area contributed by atoms with Crippen LogP contribution >= 0.6 is 23.2 Å². The van der Waals surface area contributed by atoms with Gasteiger partial charge in [0.2, 0.25) is 0 Å². The van der Waals surface area contributed by atoms with Crippen molar-refractivity contribution in [2.45, 2.75) is 6.54 Å². The zero-order valence-corrected chi connectivity index (χ0v) is 16.4. The fourth-order valence-electron chi connectivity index (χ4n) is 2.76. The average molecular weight is 430 g/mol. The number of rotatable bonds is 5. The molecule has 4 aromatic rings. The maximum Gasteiger partial charge on any atom is 0.277 e. The monoisotopic (exact) mass is 429 g/mol. The lowest BCUT2D eigenvalue weighted by molar-refractivity contribution is 0.102. The molecule has 0 unspecified atom stereocenters. The molecule has 2 aromatic heterocycles. The van der Waals surface area contributed by atoms with E-state index in [1.807, 2.05) is 6.07 Å². The zero-order chi connectivity index (χ0) is 20.4. The van der Waals surface area contributed by atoms with Gasteiger partial charge in [0.1, 0.15) is 11.6 Å². The second kappa shape index (κ2) is 8.06. The fraction of sp³-hybridized carbons (Fsp3) is 0.0500. The van der Waals surface area contributed by atoms with Crippen LogP contribution in [0.3, 0.4) is 0 Å². The summed E-state index contributed by atoms with van der Waals surface area (Å²) in [5.41, 5.74) is 1.63. The largest absolute Gasteiger partial charge is 0.305 e. The Morgan fingerprint density at radius 2 is 1.86 bits per heavy atom. The quantitative estimate of drug-likeness (QED) is 0.494. The number of anilines is 1. The number of carbonyl (C=O) groups is 1. The molecule has 0 aliphatic rings. The smallest absolute Gasteiger partial charge is 0.277 e. The molecule has 0 aliphatic carbocycles. The van der Waals surface area contributed by atoms with Crippen LogP contribution in [0.5, 0.6) is 0 Å². The summed E-state index contributed by atoms with van der Waals surface area (Å²) in [7, 11) is 0. The summed E-state index contributed by atoms with van der Waals surface area (Å²) in [4.78, 5) is 12.6. The Kier molecular flexibility index (Phi) is 5.33. The van der Waals surface area contributed by atoms with Crippen molar-refractivity contribution in [1.82, 2.24) is 19.6 Å². The Balaban J connectivity index is 1.51. The number of carbonyl (C=O) groups excluding carboxylic acids is 1. The number of aromatic nitrogens is 4. The standard InChI is InChI=1S/C20H14Cl2FN5O/c21-16-3-1-2-13(19(16)22)12-28-18(8-10-24-28)25-20(29)17-9-11-27(26-17)15-6-4-14(23)5-7-15/h1-11H,12H2,(H,25,29). The first-order valence-corrected chi connectivity index (χ1v) is 9.34. The Bertz CT molecular complexity index is 1170. The minimum Gasteiger partial charge on any atom is -0.305 e. The maximum absolute atomic E-state index is 13.1. The first-order chi connectivity index (χ1) is 14.0. The normalized spacial score (nSPS) is 10.9. The van der Waals surface area contributed by atoms with E-state index in [0.717, 1.165) is 5.56 Å². The second-order valence-corrected chi connectivity index (χ2v) is 6.95. The summed E-state index contributed by atoms with van der Waals surface area (Å²) in [6, 6.07) is 14.4. The van der Waals surface area contributed by atoms with Gasteiger partial charge in [-0.2, -0.15) is 10.2 Å². The van der Waals surface area contributed by atoms with Crippen LogP contribution in [0.2, 0.25) is 10.0 Å². The molecule has 0 bridgehead atoms. The molecule has 0 fully saturated rings. The molecule has 146 valence electrons. The van der Waals surface area contributed by atoms with Crippen LogP contribution in [0.15, 0.2) is 67.0 Å². The second-order valence-electron chi connectivity index (χ2n) is 6.16. The first kappa shape index (κ1) is 19.2. The highest BCUT2D eigenvalue weighted by atomic mass is 35.5. The zero-order valence-electron chi connectivity index (χ0n) is 14.9. The molecule has 4 rings (SSSR count).